The van der Waals surface area contributed by atoms with Gasteiger partial charge in [0.05, 0.1) is 0 Å². The van der Waals surface area contributed by atoms with Gasteiger partial charge in [-0.15, -0.1) is 0 Å². The lowest BCUT2D eigenvalue weighted by Crippen LogP contribution is -2.24. The average Bonchev–Trinajstić information content (AvgIpc) is 2.37. The molecule has 0 bridgehead atoms. The van der Waals surface area contributed by atoms with E-state index in [1.807, 2.05) is 0 Å². The molecule has 0 fully saturated rings. The zero-order valence-electron chi connectivity index (χ0n) is 11.0. The summed E-state index contributed by atoms with van der Waals surface area (Å²) in [6, 6.07) is 7.05. The highest BCUT2D eigenvalue weighted by atomic mass is 16.1. The molecular weight excluding hydrogens is 224 g/mol. The number of nitrogens with two attached hydrogens (primary N) is 1. The molecule has 3 N–H and O–H groups in total. The van der Waals surface area contributed by atoms with Gasteiger partial charge >= 0.3 is 0 Å². The van der Waals surface area contributed by atoms with Gasteiger partial charge in [-0.2, -0.15) is 0 Å². The van der Waals surface area contributed by atoms with Gasteiger partial charge in [-0.3, -0.25) is 4.79 Å². The smallest absolute Gasteiger partial charge is 0.218 e. The molecule has 1 aliphatic rings. The molecule has 0 spiro atoms. The van der Waals surface area contributed by atoms with Crippen LogP contribution < -0.4 is 11.1 Å². The van der Waals surface area contributed by atoms with Gasteiger partial charge in [0.2, 0.25) is 5.91 Å². The van der Waals surface area contributed by atoms with Gasteiger partial charge in [0.15, 0.2) is 0 Å². The monoisotopic (exact) mass is 246 g/mol. The summed E-state index contributed by atoms with van der Waals surface area (Å²) in [7, 11) is 0. The first-order valence-corrected chi connectivity index (χ1v) is 6.80. The topological polar surface area (TPSA) is 55.1 Å². The van der Waals surface area contributed by atoms with Gasteiger partial charge in [-0.05, 0) is 49.3 Å². The Morgan fingerprint density at radius 1 is 1.33 bits per heavy atom. The normalized spacial score (nSPS) is 16.1. The lowest BCUT2D eigenvalue weighted by molar-refractivity contribution is -0.117. The van der Waals surface area contributed by atoms with Crippen molar-refractivity contribution < 1.29 is 4.79 Å². The van der Waals surface area contributed by atoms with E-state index in [9.17, 15) is 4.79 Å². The van der Waals surface area contributed by atoms with Crippen LogP contribution in [-0.4, -0.2) is 12.5 Å². The maximum absolute atomic E-state index is 10.7. The van der Waals surface area contributed by atoms with E-state index in [-0.39, 0.29) is 11.9 Å². The number of carbonyl (C=O) groups is 1. The van der Waals surface area contributed by atoms with E-state index in [0.29, 0.717) is 13.0 Å². The van der Waals surface area contributed by atoms with E-state index in [1.165, 1.54) is 42.4 Å². The summed E-state index contributed by atoms with van der Waals surface area (Å²) in [6.07, 6.45) is 5.45. The van der Waals surface area contributed by atoms with Crippen LogP contribution in [0.4, 0.5) is 0 Å². The van der Waals surface area contributed by atoms with E-state index in [1.54, 1.807) is 0 Å². The molecule has 0 aromatic heterocycles. The Kier molecular flexibility index (Phi) is 4.37. The average molecular weight is 246 g/mol. The van der Waals surface area contributed by atoms with E-state index < -0.39 is 0 Å². The van der Waals surface area contributed by atoms with Gasteiger partial charge in [-0.25, -0.2) is 0 Å². The minimum Gasteiger partial charge on any atom is -0.370 e. The molecular formula is C15H22N2O. The summed E-state index contributed by atoms with van der Waals surface area (Å²) in [5.74, 6) is -0.250. The molecule has 3 heteroatoms. The molecule has 0 saturated carbocycles. The van der Waals surface area contributed by atoms with Crippen LogP contribution in [0.5, 0.6) is 0 Å². The third-order valence-electron chi connectivity index (χ3n) is 3.69. The number of aryl methyl sites for hydroxylation is 2. The van der Waals surface area contributed by atoms with Gasteiger partial charge in [-0.1, -0.05) is 18.2 Å². The largest absolute Gasteiger partial charge is 0.370 e. The zero-order valence-corrected chi connectivity index (χ0v) is 11.0. The second-order valence-electron chi connectivity index (χ2n) is 5.13. The summed E-state index contributed by atoms with van der Waals surface area (Å²) in [5, 5.41) is 3.34. The highest BCUT2D eigenvalue weighted by molar-refractivity contribution is 5.73. The fraction of sp³-hybridized carbons (Fsp3) is 0.533. The molecule has 1 unspecified atom stereocenters. The number of rotatable bonds is 5. The highest BCUT2D eigenvalue weighted by Gasteiger charge is 2.12. The number of carbonyl (C=O) groups excluding carboxylic acids is 1. The Bertz CT molecular complexity index is 429. The minimum absolute atomic E-state index is 0.250. The Morgan fingerprint density at radius 3 is 2.78 bits per heavy atom. The van der Waals surface area contributed by atoms with E-state index in [0.717, 1.165) is 0 Å². The van der Waals surface area contributed by atoms with Crippen LogP contribution in [0, 0.1) is 0 Å². The quantitative estimate of drug-likeness (QED) is 0.836. The van der Waals surface area contributed by atoms with Crippen molar-refractivity contribution in [1.82, 2.24) is 5.32 Å². The number of benzene rings is 1. The summed E-state index contributed by atoms with van der Waals surface area (Å²) in [4.78, 5) is 10.7. The van der Waals surface area contributed by atoms with Gasteiger partial charge in [0, 0.05) is 19.0 Å². The first-order valence-electron chi connectivity index (χ1n) is 6.80. The molecule has 0 radical (unpaired) electrons. The van der Waals surface area contributed by atoms with Crippen LogP contribution in [0.25, 0.3) is 0 Å². The molecule has 0 saturated heterocycles. The van der Waals surface area contributed by atoms with Crippen molar-refractivity contribution in [3.05, 3.63) is 34.9 Å². The number of fused-ring (bicyclic) bond motifs is 1. The Hall–Kier alpha value is -1.35. The first kappa shape index (κ1) is 13.1. The fourth-order valence-corrected chi connectivity index (χ4v) is 2.55. The molecule has 98 valence electrons. The number of primary amides is 1. The molecule has 1 aromatic carbocycles. The molecule has 0 aliphatic heterocycles. The lowest BCUT2D eigenvalue weighted by Gasteiger charge is -2.20. The van der Waals surface area contributed by atoms with Crippen molar-refractivity contribution in [2.24, 2.45) is 5.73 Å². The van der Waals surface area contributed by atoms with Gasteiger partial charge in [0.25, 0.3) is 0 Å². The summed E-state index contributed by atoms with van der Waals surface area (Å²) in [6.45, 7) is 2.78. The van der Waals surface area contributed by atoms with Crippen LogP contribution in [0.3, 0.4) is 0 Å². The molecule has 1 aromatic rings. The zero-order chi connectivity index (χ0) is 13.0. The second kappa shape index (κ2) is 6.01. The van der Waals surface area contributed by atoms with Gasteiger partial charge < -0.3 is 11.1 Å². The second-order valence-corrected chi connectivity index (χ2v) is 5.13. The van der Waals surface area contributed by atoms with Crippen LogP contribution >= 0.6 is 0 Å². The molecule has 2 rings (SSSR count). The third kappa shape index (κ3) is 3.33. The van der Waals surface area contributed by atoms with E-state index in [4.69, 9.17) is 5.73 Å². The van der Waals surface area contributed by atoms with Crippen molar-refractivity contribution in [2.45, 2.75) is 45.1 Å². The number of nitrogens with one attached hydrogen (secondary N) is 1. The summed E-state index contributed by atoms with van der Waals surface area (Å²) < 4.78 is 0. The standard InChI is InChI=1S/C15H22N2O/c1-11(17-9-8-15(16)18)13-7-6-12-4-2-3-5-14(12)10-13/h6-7,10-11,17H,2-5,8-9H2,1H3,(H2,16,18). The first-order chi connectivity index (χ1) is 8.66. The van der Waals surface area contributed by atoms with Crippen molar-refractivity contribution in [2.75, 3.05) is 6.54 Å². The SMILES string of the molecule is CC(NCCC(N)=O)c1ccc2c(c1)CCCC2. The number of hydrogen-bond acceptors (Lipinski definition) is 2. The molecule has 1 atom stereocenters. The maximum Gasteiger partial charge on any atom is 0.218 e. The predicted molar refractivity (Wildman–Crippen MR) is 73.3 cm³/mol. The van der Waals surface area contributed by atoms with Crippen molar-refractivity contribution >= 4 is 5.91 Å². The molecule has 1 amide bonds. The Labute approximate surface area is 109 Å². The fourth-order valence-electron chi connectivity index (χ4n) is 2.55. The van der Waals surface area contributed by atoms with Crippen molar-refractivity contribution in [1.29, 1.82) is 0 Å². The molecule has 3 nitrogen and oxygen atoms in total. The van der Waals surface area contributed by atoms with Crippen LogP contribution in [0.15, 0.2) is 18.2 Å². The molecule has 0 heterocycles. The van der Waals surface area contributed by atoms with Crippen molar-refractivity contribution in [3.8, 4) is 0 Å². The Balaban J connectivity index is 1.97. The van der Waals surface area contributed by atoms with E-state index >= 15 is 0 Å². The molecule has 1 aliphatic carbocycles. The van der Waals surface area contributed by atoms with E-state index in [2.05, 4.69) is 30.4 Å². The van der Waals surface area contributed by atoms with Crippen LogP contribution in [0.2, 0.25) is 0 Å². The summed E-state index contributed by atoms with van der Waals surface area (Å²) >= 11 is 0. The Morgan fingerprint density at radius 2 is 2.06 bits per heavy atom. The number of amides is 1. The van der Waals surface area contributed by atoms with Crippen molar-refractivity contribution in [3.63, 3.8) is 0 Å². The summed E-state index contributed by atoms with van der Waals surface area (Å²) in [5.41, 5.74) is 9.45. The third-order valence-corrected chi connectivity index (χ3v) is 3.69. The van der Waals surface area contributed by atoms with Gasteiger partial charge in [0.1, 0.15) is 0 Å². The maximum atomic E-state index is 10.7. The lowest BCUT2D eigenvalue weighted by atomic mass is 9.89. The minimum atomic E-state index is -0.250. The van der Waals surface area contributed by atoms with Crippen LogP contribution in [-0.2, 0) is 17.6 Å². The predicted octanol–water partition coefficient (Wildman–Crippen LogP) is 2.09. The van der Waals surface area contributed by atoms with Crippen LogP contribution in [0.1, 0.15) is 48.9 Å². The molecule has 18 heavy (non-hydrogen) atoms. The number of hydrogen-bond donors (Lipinski definition) is 2. The highest BCUT2D eigenvalue weighted by Crippen LogP contribution is 2.24.